The molecule has 0 aliphatic carbocycles. The van der Waals surface area contributed by atoms with E-state index in [0.717, 1.165) is 29.9 Å². The number of benzene rings is 1. The van der Waals surface area contributed by atoms with E-state index in [4.69, 9.17) is 5.73 Å². The Balaban J connectivity index is 1.98. The zero-order valence-electron chi connectivity index (χ0n) is 11.3. The molecular weight excluding hydrogens is 252 g/mol. The van der Waals surface area contributed by atoms with Gasteiger partial charge < -0.3 is 10.7 Å². The van der Waals surface area contributed by atoms with Crippen molar-refractivity contribution in [1.82, 2.24) is 14.9 Å². The summed E-state index contributed by atoms with van der Waals surface area (Å²) in [5.41, 5.74) is 7.78. The zero-order chi connectivity index (χ0) is 14.1. The highest BCUT2D eigenvalue weighted by Crippen LogP contribution is 2.34. The average Bonchev–Trinajstić information content (AvgIpc) is 2.99. The van der Waals surface area contributed by atoms with Crippen LogP contribution in [0.5, 0.6) is 0 Å². The summed E-state index contributed by atoms with van der Waals surface area (Å²) in [4.78, 5) is 21.4. The molecule has 1 aromatic carbocycles. The molecule has 1 aromatic heterocycles. The quantitative estimate of drug-likeness (QED) is 0.883. The van der Waals surface area contributed by atoms with E-state index >= 15 is 0 Å². The van der Waals surface area contributed by atoms with Crippen LogP contribution in [0.15, 0.2) is 30.6 Å². The Labute approximate surface area is 117 Å². The Morgan fingerprint density at radius 1 is 1.65 bits per heavy atom. The number of aromatic amines is 1. The third-order valence-electron chi connectivity index (χ3n) is 3.94. The van der Waals surface area contributed by atoms with Crippen LogP contribution in [0, 0.1) is 6.07 Å². The first-order valence-corrected chi connectivity index (χ1v) is 6.71. The van der Waals surface area contributed by atoms with E-state index in [-0.39, 0.29) is 11.9 Å². The maximum Gasteiger partial charge on any atom is 0.239 e. The molecule has 1 radical (unpaired) electrons. The van der Waals surface area contributed by atoms with Crippen molar-refractivity contribution in [3.63, 3.8) is 0 Å². The van der Waals surface area contributed by atoms with Gasteiger partial charge >= 0.3 is 0 Å². The minimum Gasteiger partial charge on any atom is -0.368 e. The van der Waals surface area contributed by atoms with Crippen molar-refractivity contribution in [2.45, 2.75) is 25.4 Å². The first-order valence-electron chi connectivity index (χ1n) is 6.71. The van der Waals surface area contributed by atoms with E-state index in [9.17, 15) is 4.79 Å². The van der Waals surface area contributed by atoms with Crippen LogP contribution < -0.4 is 5.73 Å². The average molecular weight is 269 g/mol. The van der Waals surface area contributed by atoms with E-state index < -0.39 is 6.04 Å². The molecule has 103 valence electrons. The number of aromatic nitrogens is 2. The number of hydrogen-bond acceptors (Lipinski definition) is 3. The van der Waals surface area contributed by atoms with Gasteiger partial charge in [-0.15, -0.1) is 0 Å². The molecule has 1 amide bonds. The zero-order valence-corrected chi connectivity index (χ0v) is 11.3. The lowest BCUT2D eigenvalue weighted by Gasteiger charge is -2.38. The van der Waals surface area contributed by atoms with Gasteiger partial charge in [0, 0.05) is 18.9 Å². The largest absolute Gasteiger partial charge is 0.368 e. The summed E-state index contributed by atoms with van der Waals surface area (Å²) in [6.07, 6.45) is 4.40. The molecule has 5 nitrogen and oxygen atoms in total. The Morgan fingerprint density at radius 3 is 3.20 bits per heavy atom. The predicted molar refractivity (Wildman–Crippen MR) is 74.6 cm³/mol. The second kappa shape index (κ2) is 5.09. The molecule has 2 aromatic rings. The molecule has 0 bridgehead atoms. The molecule has 0 fully saturated rings. The molecule has 0 spiro atoms. The molecule has 2 atom stereocenters. The Bertz CT molecular complexity index is 608. The van der Waals surface area contributed by atoms with Crippen molar-refractivity contribution in [3.05, 3.63) is 53.6 Å². The summed E-state index contributed by atoms with van der Waals surface area (Å²) in [6.45, 7) is 2.81. The van der Waals surface area contributed by atoms with Crippen molar-refractivity contribution < 1.29 is 4.79 Å². The second-order valence-electron chi connectivity index (χ2n) is 5.07. The number of carbonyl (C=O) groups excluding carboxylic acids is 1. The summed E-state index contributed by atoms with van der Waals surface area (Å²) in [6, 6.07) is 8.38. The first kappa shape index (κ1) is 12.9. The number of amides is 1. The lowest BCUT2D eigenvalue weighted by Crippen LogP contribution is -2.43. The molecule has 2 heterocycles. The SMILES string of the molecule is CC(c1ncc[nH]1)N1CCc2c[c]ccc2C1C(N)=O. The van der Waals surface area contributed by atoms with Crippen LogP contribution in [0.25, 0.3) is 0 Å². The van der Waals surface area contributed by atoms with Crippen LogP contribution >= 0.6 is 0 Å². The highest BCUT2D eigenvalue weighted by molar-refractivity contribution is 5.82. The van der Waals surface area contributed by atoms with Crippen molar-refractivity contribution in [1.29, 1.82) is 0 Å². The number of nitrogens with one attached hydrogen (secondary N) is 1. The maximum atomic E-state index is 11.9. The number of hydrogen-bond donors (Lipinski definition) is 2. The lowest BCUT2D eigenvalue weighted by atomic mass is 9.91. The standard InChI is InChI=1S/C15H17N4O/c1-10(15-17-7-8-18-15)19-9-6-11-4-2-3-5-12(11)13(19)14(16)20/h3-5,7-8,10,13H,6,9H2,1H3,(H2,16,20)(H,17,18). The molecule has 3 N–H and O–H groups in total. The van der Waals surface area contributed by atoms with Crippen molar-refractivity contribution in [3.8, 4) is 0 Å². The highest BCUT2D eigenvalue weighted by Gasteiger charge is 2.35. The lowest BCUT2D eigenvalue weighted by molar-refractivity contribution is -0.124. The van der Waals surface area contributed by atoms with Gasteiger partial charge in [0.15, 0.2) is 0 Å². The minimum atomic E-state index is -0.409. The fraction of sp³-hybridized carbons (Fsp3) is 0.333. The Hall–Kier alpha value is -2.14. The van der Waals surface area contributed by atoms with Crippen molar-refractivity contribution in [2.75, 3.05) is 6.54 Å². The van der Waals surface area contributed by atoms with Gasteiger partial charge in [0.25, 0.3) is 0 Å². The summed E-state index contributed by atoms with van der Waals surface area (Å²) in [5.74, 6) is 0.526. The normalized spacial score (nSPS) is 20.4. The smallest absolute Gasteiger partial charge is 0.239 e. The van der Waals surface area contributed by atoms with Gasteiger partial charge in [0.2, 0.25) is 5.91 Å². The van der Waals surface area contributed by atoms with Crippen LogP contribution in [0.3, 0.4) is 0 Å². The van der Waals surface area contributed by atoms with Gasteiger partial charge in [-0.05, 0) is 30.5 Å². The first-order chi connectivity index (χ1) is 9.68. The van der Waals surface area contributed by atoms with Gasteiger partial charge in [-0.1, -0.05) is 18.2 Å². The maximum absolute atomic E-state index is 11.9. The van der Waals surface area contributed by atoms with Gasteiger partial charge in [0.05, 0.1) is 6.04 Å². The summed E-state index contributed by atoms with van der Waals surface area (Å²) in [7, 11) is 0. The summed E-state index contributed by atoms with van der Waals surface area (Å²) < 4.78 is 0. The number of carbonyl (C=O) groups is 1. The molecule has 0 saturated heterocycles. The molecule has 1 aliphatic heterocycles. The number of H-pyrrole nitrogens is 1. The van der Waals surface area contributed by atoms with Gasteiger partial charge in [-0.2, -0.15) is 0 Å². The monoisotopic (exact) mass is 269 g/mol. The third kappa shape index (κ3) is 2.10. The number of nitrogens with two attached hydrogens (primary N) is 1. The molecule has 2 unspecified atom stereocenters. The predicted octanol–water partition coefficient (Wildman–Crippen LogP) is 1.36. The minimum absolute atomic E-state index is 0.0137. The van der Waals surface area contributed by atoms with Crippen LogP contribution in [-0.2, 0) is 11.2 Å². The van der Waals surface area contributed by atoms with E-state index in [1.54, 1.807) is 12.4 Å². The fourth-order valence-electron chi connectivity index (χ4n) is 2.91. The fourth-order valence-corrected chi connectivity index (χ4v) is 2.91. The molecule has 0 saturated carbocycles. The number of fused-ring (bicyclic) bond motifs is 1. The molecule has 3 rings (SSSR count). The van der Waals surface area contributed by atoms with E-state index in [0.29, 0.717) is 0 Å². The van der Waals surface area contributed by atoms with Gasteiger partial charge in [-0.25, -0.2) is 4.98 Å². The molecule has 1 aliphatic rings. The van der Waals surface area contributed by atoms with Crippen LogP contribution in [0.4, 0.5) is 0 Å². The van der Waals surface area contributed by atoms with Crippen LogP contribution in [0.2, 0.25) is 0 Å². The van der Waals surface area contributed by atoms with Gasteiger partial charge in [0.1, 0.15) is 11.9 Å². The number of primary amides is 1. The van der Waals surface area contributed by atoms with Crippen molar-refractivity contribution >= 4 is 5.91 Å². The van der Waals surface area contributed by atoms with Crippen molar-refractivity contribution in [2.24, 2.45) is 5.73 Å². The highest BCUT2D eigenvalue weighted by atomic mass is 16.1. The van der Waals surface area contributed by atoms with E-state index in [1.807, 2.05) is 25.1 Å². The molecule has 5 heteroatoms. The Morgan fingerprint density at radius 2 is 2.50 bits per heavy atom. The second-order valence-corrected chi connectivity index (χ2v) is 5.07. The number of imidazole rings is 1. The summed E-state index contributed by atoms with van der Waals surface area (Å²) in [5, 5.41) is 0. The summed E-state index contributed by atoms with van der Waals surface area (Å²) >= 11 is 0. The molecular formula is C15H17N4O. The number of nitrogens with zero attached hydrogens (tertiary/aromatic N) is 2. The molecule has 20 heavy (non-hydrogen) atoms. The topological polar surface area (TPSA) is 75.0 Å². The van der Waals surface area contributed by atoms with Crippen LogP contribution in [-0.4, -0.2) is 27.3 Å². The Kier molecular flexibility index (Phi) is 3.28. The van der Waals surface area contributed by atoms with Gasteiger partial charge in [-0.3, -0.25) is 9.69 Å². The number of rotatable bonds is 3. The van der Waals surface area contributed by atoms with E-state index in [2.05, 4.69) is 20.9 Å². The van der Waals surface area contributed by atoms with Crippen LogP contribution in [0.1, 0.15) is 36.0 Å². The third-order valence-corrected chi connectivity index (χ3v) is 3.94. The van der Waals surface area contributed by atoms with E-state index in [1.165, 1.54) is 0 Å².